The van der Waals surface area contributed by atoms with Gasteiger partial charge in [0.1, 0.15) is 11.6 Å². The summed E-state index contributed by atoms with van der Waals surface area (Å²) in [5.74, 6) is 1.22. The first-order valence-electron chi connectivity index (χ1n) is 7.27. The molecule has 1 heterocycles. The van der Waals surface area contributed by atoms with E-state index < -0.39 is 0 Å². The van der Waals surface area contributed by atoms with Crippen LogP contribution in [0, 0.1) is 5.41 Å². The topological polar surface area (TPSA) is 57.2 Å². The molecule has 0 aliphatic carbocycles. The van der Waals surface area contributed by atoms with Gasteiger partial charge in [-0.2, -0.15) is 0 Å². The van der Waals surface area contributed by atoms with Gasteiger partial charge in [-0.1, -0.05) is 50.9 Å². The summed E-state index contributed by atoms with van der Waals surface area (Å²) in [5, 5.41) is 16.7. The summed E-state index contributed by atoms with van der Waals surface area (Å²) >= 11 is 12.4. The molecule has 0 aromatic carbocycles. The Morgan fingerprint density at radius 2 is 1.86 bits per heavy atom. The minimum Gasteiger partial charge on any atom is -0.396 e. The van der Waals surface area contributed by atoms with Crippen LogP contribution in [-0.2, 0) is 0 Å². The lowest BCUT2D eigenvalue weighted by atomic mass is 9.85. The van der Waals surface area contributed by atoms with Crippen molar-refractivity contribution in [1.29, 1.82) is 0 Å². The fraction of sp³-hybridized carbons (Fsp3) is 0.667. The second-order valence-corrected chi connectivity index (χ2v) is 6.97. The monoisotopic (exact) mass is 333 g/mol. The Bertz CT molecular complexity index is 461. The normalized spacial score (nSPS) is 13.1. The smallest absolute Gasteiger partial charge is 0.147 e. The molecule has 21 heavy (non-hydrogen) atoms. The van der Waals surface area contributed by atoms with Gasteiger partial charge in [-0.15, -0.1) is 0 Å². The van der Waals surface area contributed by atoms with Crippen molar-refractivity contribution in [2.45, 2.75) is 46.6 Å². The predicted octanol–water partition coefficient (Wildman–Crippen LogP) is 4.42. The molecule has 1 rings (SSSR count). The lowest BCUT2D eigenvalue weighted by molar-refractivity contribution is 0.235. The Hall–Kier alpha value is -0.710. The third-order valence-electron chi connectivity index (χ3n) is 3.25. The highest BCUT2D eigenvalue weighted by molar-refractivity contribution is 6.37. The Labute approximate surface area is 137 Å². The van der Waals surface area contributed by atoms with Gasteiger partial charge in [-0.3, -0.25) is 0 Å². The molecule has 1 unspecified atom stereocenters. The molecule has 0 saturated heterocycles. The van der Waals surface area contributed by atoms with E-state index in [0.29, 0.717) is 28.1 Å². The van der Waals surface area contributed by atoms with Gasteiger partial charge in [-0.25, -0.2) is 4.98 Å². The van der Waals surface area contributed by atoms with Gasteiger partial charge >= 0.3 is 0 Å². The Balaban J connectivity index is 3.00. The number of rotatable bonds is 7. The van der Waals surface area contributed by atoms with Crippen LogP contribution < -0.4 is 10.6 Å². The predicted molar refractivity (Wildman–Crippen MR) is 91.6 cm³/mol. The van der Waals surface area contributed by atoms with E-state index in [1.54, 1.807) is 6.07 Å². The van der Waals surface area contributed by atoms with Gasteiger partial charge in [-0.05, 0) is 24.3 Å². The highest BCUT2D eigenvalue weighted by Gasteiger charge is 2.25. The number of nitrogens with one attached hydrogen (secondary N) is 2. The molecule has 0 aliphatic heterocycles. The number of hydrogen-bond acceptors (Lipinski definition) is 4. The van der Waals surface area contributed by atoms with E-state index in [1.165, 1.54) is 0 Å². The maximum absolute atomic E-state index is 9.24. The molecule has 0 bridgehead atoms. The fourth-order valence-corrected chi connectivity index (χ4v) is 2.43. The zero-order valence-electron chi connectivity index (χ0n) is 13.1. The third kappa shape index (κ3) is 5.53. The first-order chi connectivity index (χ1) is 9.79. The van der Waals surface area contributed by atoms with E-state index in [0.717, 1.165) is 13.0 Å². The highest BCUT2D eigenvalue weighted by Crippen LogP contribution is 2.32. The quantitative estimate of drug-likeness (QED) is 0.691. The molecule has 4 nitrogen and oxygen atoms in total. The van der Waals surface area contributed by atoms with Crippen LogP contribution in [0.25, 0.3) is 0 Å². The summed E-state index contributed by atoms with van der Waals surface area (Å²) < 4.78 is 0. The van der Waals surface area contributed by atoms with Gasteiger partial charge in [0.2, 0.25) is 0 Å². The number of aliphatic hydroxyl groups excluding tert-OH is 1. The van der Waals surface area contributed by atoms with Gasteiger partial charge in [0.25, 0.3) is 0 Å². The van der Waals surface area contributed by atoms with Crippen LogP contribution in [0.2, 0.25) is 10.0 Å². The molecule has 1 atom stereocenters. The Morgan fingerprint density at radius 3 is 2.38 bits per heavy atom. The molecule has 0 radical (unpaired) electrons. The molecule has 1 aromatic heterocycles. The minimum atomic E-state index is -0.0234. The first kappa shape index (κ1) is 18.3. The number of anilines is 2. The van der Waals surface area contributed by atoms with Crippen molar-refractivity contribution in [3.8, 4) is 0 Å². The molecular formula is C15H25Cl2N3O. The molecule has 1 aromatic rings. The number of nitrogens with zero attached hydrogens (tertiary/aromatic N) is 1. The lowest BCUT2D eigenvalue weighted by Gasteiger charge is -2.32. The average molecular weight is 334 g/mol. The van der Waals surface area contributed by atoms with Crippen LogP contribution in [-0.4, -0.2) is 29.3 Å². The van der Waals surface area contributed by atoms with Crippen LogP contribution in [0.1, 0.15) is 40.5 Å². The SMILES string of the molecule is CCCNc1nc(NC(CCO)C(C)(C)C)c(Cl)cc1Cl. The zero-order valence-corrected chi connectivity index (χ0v) is 14.6. The van der Waals surface area contributed by atoms with Gasteiger partial charge < -0.3 is 15.7 Å². The van der Waals surface area contributed by atoms with Crippen molar-refractivity contribution in [3.63, 3.8) is 0 Å². The molecule has 0 amide bonds. The molecule has 0 fully saturated rings. The van der Waals surface area contributed by atoms with Crippen molar-refractivity contribution in [2.24, 2.45) is 5.41 Å². The summed E-state index contributed by atoms with van der Waals surface area (Å²) in [6.07, 6.45) is 1.61. The summed E-state index contributed by atoms with van der Waals surface area (Å²) in [5.41, 5.74) is -0.0234. The first-order valence-corrected chi connectivity index (χ1v) is 8.02. The Kier molecular flexibility index (Phi) is 7.04. The average Bonchev–Trinajstić information content (AvgIpc) is 2.38. The number of hydrogen-bond donors (Lipinski definition) is 3. The van der Waals surface area contributed by atoms with E-state index in [1.807, 2.05) is 0 Å². The van der Waals surface area contributed by atoms with Gasteiger partial charge in [0.15, 0.2) is 0 Å². The molecule has 0 aliphatic rings. The van der Waals surface area contributed by atoms with Crippen LogP contribution >= 0.6 is 23.2 Å². The van der Waals surface area contributed by atoms with E-state index in [4.69, 9.17) is 23.2 Å². The summed E-state index contributed by atoms with van der Waals surface area (Å²) in [6, 6.07) is 1.75. The molecule has 120 valence electrons. The van der Waals surface area contributed by atoms with Crippen molar-refractivity contribution in [1.82, 2.24) is 4.98 Å². The third-order valence-corrected chi connectivity index (χ3v) is 3.82. The molecule has 0 spiro atoms. The van der Waals surface area contributed by atoms with Crippen molar-refractivity contribution in [3.05, 3.63) is 16.1 Å². The molecule has 3 N–H and O–H groups in total. The number of aliphatic hydroxyl groups is 1. The Morgan fingerprint density at radius 1 is 1.24 bits per heavy atom. The number of halogens is 2. The van der Waals surface area contributed by atoms with Crippen molar-refractivity contribution >= 4 is 34.8 Å². The van der Waals surface area contributed by atoms with Crippen LogP contribution in [0.15, 0.2) is 6.07 Å². The molecular weight excluding hydrogens is 309 g/mol. The second-order valence-electron chi connectivity index (χ2n) is 6.15. The zero-order chi connectivity index (χ0) is 16.0. The van der Waals surface area contributed by atoms with Crippen LogP contribution in [0.5, 0.6) is 0 Å². The van der Waals surface area contributed by atoms with Gasteiger partial charge in [0.05, 0.1) is 10.0 Å². The van der Waals surface area contributed by atoms with Gasteiger partial charge in [0, 0.05) is 19.2 Å². The lowest BCUT2D eigenvalue weighted by Crippen LogP contribution is -2.35. The second kappa shape index (κ2) is 8.06. The molecule has 0 saturated carbocycles. The van der Waals surface area contributed by atoms with E-state index >= 15 is 0 Å². The highest BCUT2D eigenvalue weighted by atomic mass is 35.5. The maximum atomic E-state index is 9.24. The minimum absolute atomic E-state index is 0.0234. The number of pyridine rings is 1. The van der Waals surface area contributed by atoms with Crippen LogP contribution in [0.3, 0.4) is 0 Å². The van der Waals surface area contributed by atoms with E-state index in [9.17, 15) is 5.11 Å². The van der Waals surface area contributed by atoms with E-state index in [-0.39, 0.29) is 18.1 Å². The van der Waals surface area contributed by atoms with E-state index in [2.05, 4.69) is 43.3 Å². The standard InChI is InChI=1S/C15H25Cl2N3O/c1-5-7-18-13-10(16)9-11(17)14(20-13)19-12(6-8-21)15(2,3)4/h9,12,21H,5-8H2,1-4H3,(H2,18,19,20). The summed E-state index contributed by atoms with van der Waals surface area (Å²) in [4.78, 5) is 4.48. The summed E-state index contributed by atoms with van der Waals surface area (Å²) in [7, 11) is 0. The van der Waals surface area contributed by atoms with Crippen LogP contribution in [0.4, 0.5) is 11.6 Å². The maximum Gasteiger partial charge on any atom is 0.147 e. The van der Waals surface area contributed by atoms with Crippen molar-refractivity contribution < 1.29 is 5.11 Å². The summed E-state index contributed by atoms with van der Waals surface area (Å²) in [6.45, 7) is 9.32. The van der Waals surface area contributed by atoms with Crippen molar-refractivity contribution in [2.75, 3.05) is 23.8 Å². The molecule has 6 heteroatoms. The fourth-order valence-electron chi connectivity index (χ4n) is 1.95. The number of aromatic nitrogens is 1. The largest absolute Gasteiger partial charge is 0.396 e.